The first-order chi connectivity index (χ1) is 8.24. The summed E-state index contributed by atoms with van der Waals surface area (Å²) in [5.74, 6) is 1.07. The van der Waals surface area contributed by atoms with Gasteiger partial charge in [-0.15, -0.1) is 11.3 Å². The van der Waals surface area contributed by atoms with Crippen LogP contribution in [0.5, 0.6) is 0 Å². The molecule has 3 aromatic rings. The van der Waals surface area contributed by atoms with Gasteiger partial charge in [-0.1, -0.05) is 22.6 Å². The van der Waals surface area contributed by atoms with Crippen LogP contribution >= 0.6 is 22.7 Å². The van der Waals surface area contributed by atoms with Crippen LogP contribution in [0.4, 0.5) is 5.13 Å². The lowest BCUT2D eigenvalue weighted by Crippen LogP contribution is -1.81. The molecule has 2 N–H and O–H groups in total. The number of rotatable bonds is 2. The summed E-state index contributed by atoms with van der Waals surface area (Å²) in [5, 5.41) is 6.43. The average molecular weight is 264 g/mol. The van der Waals surface area contributed by atoms with Crippen molar-refractivity contribution in [2.45, 2.75) is 6.92 Å². The van der Waals surface area contributed by atoms with Gasteiger partial charge in [0.25, 0.3) is 5.89 Å². The SMILES string of the molecule is Cc1nc(N)sc1-c1nc(-c2cccs2)no1. The molecule has 17 heavy (non-hydrogen) atoms. The van der Waals surface area contributed by atoms with Crippen molar-refractivity contribution in [3.8, 4) is 21.5 Å². The first-order valence-electron chi connectivity index (χ1n) is 4.85. The summed E-state index contributed by atoms with van der Waals surface area (Å²) in [5.41, 5.74) is 6.45. The molecule has 0 aromatic carbocycles. The summed E-state index contributed by atoms with van der Waals surface area (Å²) in [6.45, 7) is 1.87. The minimum atomic E-state index is 0.472. The maximum absolute atomic E-state index is 5.64. The lowest BCUT2D eigenvalue weighted by Gasteiger charge is -1.86. The largest absolute Gasteiger partial charge is 0.375 e. The van der Waals surface area contributed by atoms with Gasteiger partial charge in [0, 0.05) is 0 Å². The number of hydrogen-bond acceptors (Lipinski definition) is 7. The first-order valence-corrected chi connectivity index (χ1v) is 6.54. The molecule has 0 saturated carbocycles. The van der Waals surface area contributed by atoms with Gasteiger partial charge in [-0.3, -0.25) is 0 Å². The van der Waals surface area contributed by atoms with E-state index in [4.69, 9.17) is 10.3 Å². The third kappa shape index (κ3) is 1.83. The number of hydrogen-bond donors (Lipinski definition) is 1. The highest BCUT2D eigenvalue weighted by Crippen LogP contribution is 2.31. The third-order valence-corrected chi connectivity index (χ3v) is 4.02. The molecule has 0 atom stereocenters. The van der Waals surface area contributed by atoms with E-state index in [1.807, 2.05) is 24.4 Å². The summed E-state index contributed by atoms with van der Waals surface area (Å²) in [6, 6.07) is 3.90. The molecule has 0 spiro atoms. The Morgan fingerprint density at radius 1 is 1.35 bits per heavy atom. The molecule has 0 aliphatic rings. The van der Waals surface area contributed by atoms with E-state index in [-0.39, 0.29) is 0 Å². The summed E-state index contributed by atoms with van der Waals surface area (Å²) in [7, 11) is 0. The molecule has 0 bridgehead atoms. The topological polar surface area (TPSA) is 77.8 Å². The minimum Gasteiger partial charge on any atom is -0.375 e. The van der Waals surface area contributed by atoms with Crippen LogP contribution in [0, 0.1) is 6.92 Å². The molecule has 0 aliphatic carbocycles. The Bertz CT molecular complexity index is 641. The summed E-state index contributed by atoms with van der Waals surface area (Å²) in [4.78, 5) is 10.3. The van der Waals surface area contributed by atoms with E-state index in [2.05, 4.69) is 15.1 Å². The van der Waals surface area contributed by atoms with E-state index in [0.717, 1.165) is 15.4 Å². The number of aromatic nitrogens is 3. The summed E-state index contributed by atoms with van der Waals surface area (Å²) in [6.07, 6.45) is 0. The zero-order valence-corrected chi connectivity index (χ0v) is 10.5. The van der Waals surface area contributed by atoms with Gasteiger partial charge in [0.05, 0.1) is 10.6 Å². The molecule has 7 heteroatoms. The molecule has 0 saturated heterocycles. The molecule has 0 amide bonds. The number of thiazole rings is 1. The normalized spacial score (nSPS) is 10.9. The fraction of sp³-hybridized carbons (Fsp3) is 0.100. The van der Waals surface area contributed by atoms with Crippen LogP contribution in [-0.4, -0.2) is 15.1 Å². The highest BCUT2D eigenvalue weighted by atomic mass is 32.1. The third-order valence-electron chi connectivity index (χ3n) is 2.17. The predicted octanol–water partition coefficient (Wildman–Crippen LogP) is 2.81. The molecule has 0 unspecified atom stereocenters. The van der Waals surface area contributed by atoms with Gasteiger partial charge in [-0.25, -0.2) is 4.98 Å². The molecule has 5 nitrogen and oxygen atoms in total. The van der Waals surface area contributed by atoms with Gasteiger partial charge >= 0.3 is 0 Å². The highest BCUT2D eigenvalue weighted by Gasteiger charge is 2.16. The fourth-order valence-electron chi connectivity index (χ4n) is 1.44. The van der Waals surface area contributed by atoms with Crippen LogP contribution in [0.3, 0.4) is 0 Å². The summed E-state index contributed by atoms with van der Waals surface area (Å²) < 4.78 is 5.23. The van der Waals surface area contributed by atoms with E-state index in [9.17, 15) is 0 Å². The highest BCUT2D eigenvalue weighted by molar-refractivity contribution is 7.18. The number of aryl methyl sites for hydroxylation is 1. The van der Waals surface area contributed by atoms with Gasteiger partial charge in [0.15, 0.2) is 5.13 Å². The standard InChI is InChI=1S/C10H8N4OS2/c1-5-7(17-10(11)12-5)9-13-8(14-15-9)6-3-2-4-16-6/h2-4H,1H3,(H2,11,12). The Labute approximate surface area is 105 Å². The lowest BCUT2D eigenvalue weighted by molar-refractivity contribution is 0.433. The van der Waals surface area contributed by atoms with Crippen molar-refractivity contribution in [1.29, 1.82) is 0 Å². The van der Waals surface area contributed by atoms with Gasteiger partial charge in [0.2, 0.25) is 5.82 Å². The van der Waals surface area contributed by atoms with Gasteiger partial charge in [0.1, 0.15) is 4.88 Å². The molecule has 3 aromatic heterocycles. The first kappa shape index (κ1) is 10.4. The van der Waals surface area contributed by atoms with Crippen LogP contribution in [0.2, 0.25) is 0 Å². The smallest absolute Gasteiger partial charge is 0.270 e. The quantitative estimate of drug-likeness (QED) is 0.770. The van der Waals surface area contributed by atoms with Crippen LogP contribution in [0.1, 0.15) is 5.69 Å². The molecule has 3 heterocycles. The van der Waals surface area contributed by atoms with Gasteiger partial charge < -0.3 is 10.3 Å². The Morgan fingerprint density at radius 2 is 2.24 bits per heavy atom. The second-order valence-electron chi connectivity index (χ2n) is 3.37. The van der Waals surface area contributed by atoms with E-state index >= 15 is 0 Å². The van der Waals surface area contributed by atoms with Crippen molar-refractivity contribution in [3.63, 3.8) is 0 Å². The lowest BCUT2D eigenvalue weighted by atomic mass is 10.4. The predicted molar refractivity (Wildman–Crippen MR) is 67.9 cm³/mol. The molecule has 0 radical (unpaired) electrons. The van der Waals surface area contributed by atoms with Crippen molar-refractivity contribution in [3.05, 3.63) is 23.2 Å². The van der Waals surface area contributed by atoms with Crippen LogP contribution in [-0.2, 0) is 0 Å². The number of nitrogens with two attached hydrogens (primary N) is 1. The van der Waals surface area contributed by atoms with Crippen molar-refractivity contribution in [2.24, 2.45) is 0 Å². The van der Waals surface area contributed by atoms with E-state index in [0.29, 0.717) is 16.8 Å². The maximum atomic E-state index is 5.64. The molecule has 0 aliphatic heterocycles. The molecular formula is C10H8N4OS2. The second-order valence-corrected chi connectivity index (χ2v) is 5.35. The fourth-order valence-corrected chi connectivity index (χ4v) is 2.84. The Morgan fingerprint density at radius 3 is 2.88 bits per heavy atom. The van der Waals surface area contributed by atoms with Gasteiger partial charge in [-0.05, 0) is 18.4 Å². The van der Waals surface area contributed by atoms with E-state index < -0.39 is 0 Å². The van der Waals surface area contributed by atoms with Crippen LogP contribution < -0.4 is 5.73 Å². The number of nitrogen functional groups attached to an aromatic ring is 1. The Kier molecular flexibility index (Phi) is 2.41. The zero-order chi connectivity index (χ0) is 11.8. The van der Waals surface area contributed by atoms with E-state index in [1.54, 1.807) is 11.3 Å². The van der Waals surface area contributed by atoms with Gasteiger partial charge in [-0.2, -0.15) is 4.98 Å². The van der Waals surface area contributed by atoms with Crippen molar-refractivity contribution in [2.75, 3.05) is 5.73 Å². The Balaban J connectivity index is 2.03. The minimum absolute atomic E-state index is 0.472. The molecule has 3 rings (SSSR count). The Hall–Kier alpha value is -1.73. The van der Waals surface area contributed by atoms with E-state index in [1.165, 1.54) is 11.3 Å². The monoisotopic (exact) mass is 264 g/mol. The maximum Gasteiger partial charge on any atom is 0.270 e. The number of thiophene rings is 1. The zero-order valence-electron chi connectivity index (χ0n) is 8.88. The molecular weight excluding hydrogens is 256 g/mol. The van der Waals surface area contributed by atoms with Crippen molar-refractivity contribution in [1.82, 2.24) is 15.1 Å². The van der Waals surface area contributed by atoms with Crippen molar-refractivity contribution >= 4 is 27.8 Å². The number of anilines is 1. The number of nitrogens with zero attached hydrogens (tertiary/aromatic N) is 3. The second kappa shape index (κ2) is 3.94. The summed E-state index contributed by atoms with van der Waals surface area (Å²) >= 11 is 2.92. The molecule has 86 valence electrons. The van der Waals surface area contributed by atoms with Crippen LogP contribution in [0.15, 0.2) is 22.0 Å². The van der Waals surface area contributed by atoms with Crippen LogP contribution in [0.25, 0.3) is 21.5 Å². The van der Waals surface area contributed by atoms with Crippen molar-refractivity contribution < 1.29 is 4.52 Å². The molecule has 0 fully saturated rings. The average Bonchev–Trinajstić information content (AvgIpc) is 2.97.